The van der Waals surface area contributed by atoms with Crippen molar-refractivity contribution in [3.8, 4) is 0 Å². The van der Waals surface area contributed by atoms with Crippen molar-refractivity contribution in [1.82, 2.24) is 14.7 Å². The van der Waals surface area contributed by atoms with Crippen molar-refractivity contribution in [1.29, 1.82) is 0 Å². The van der Waals surface area contributed by atoms with Gasteiger partial charge in [0.1, 0.15) is 0 Å². The van der Waals surface area contributed by atoms with Crippen LogP contribution in [0.4, 0.5) is 5.13 Å². The minimum Gasteiger partial charge on any atom is -0.344 e. The van der Waals surface area contributed by atoms with E-state index in [-0.39, 0.29) is 0 Å². The van der Waals surface area contributed by atoms with E-state index in [0.717, 1.165) is 36.5 Å². The van der Waals surface area contributed by atoms with E-state index in [4.69, 9.17) is 0 Å². The van der Waals surface area contributed by atoms with Crippen molar-refractivity contribution >= 4 is 28.4 Å². The van der Waals surface area contributed by atoms with E-state index in [1.54, 1.807) is 11.8 Å². The predicted molar refractivity (Wildman–Crippen MR) is 56.8 cm³/mol. The van der Waals surface area contributed by atoms with Crippen LogP contribution in [0.1, 0.15) is 0 Å². The Labute approximate surface area is 85.9 Å². The van der Waals surface area contributed by atoms with E-state index in [2.05, 4.69) is 19.6 Å². The zero-order valence-corrected chi connectivity index (χ0v) is 9.12. The standard InChI is InChI=1S/C7H12N4S2/c1-12-6-9-7(13-10-6)11-4-2-8-3-5-11/h8H,2-5H2,1H3. The number of nitrogens with one attached hydrogen (secondary N) is 1. The molecule has 0 bridgehead atoms. The van der Waals surface area contributed by atoms with Crippen molar-refractivity contribution < 1.29 is 0 Å². The molecule has 1 aromatic heterocycles. The van der Waals surface area contributed by atoms with Gasteiger partial charge >= 0.3 is 0 Å². The molecule has 2 rings (SSSR count). The number of anilines is 1. The van der Waals surface area contributed by atoms with Crippen LogP contribution in [-0.4, -0.2) is 41.8 Å². The molecule has 1 aromatic rings. The van der Waals surface area contributed by atoms with E-state index in [0.29, 0.717) is 0 Å². The van der Waals surface area contributed by atoms with Crippen LogP contribution in [-0.2, 0) is 0 Å². The molecule has 13 heavy (non-hydrogen) atoms. The van der Waals surface area contributed by atoms with E-state index in [9.17, 15) is 0 Å². The summed E-state index contributed by atoms with van der Waals surface area (Å²) in [5.74, 6) is 0. The summed E-state index contributed by atoms with van der Waals surface area (Å²) in [6.45, 7) is 4.19. The van der Waals surface area contributed by atoms with Crippen LogP contribution in [0.5, 0.6) is 0 Å². The monoisotopic (exact) mass is 216 g/mol. The Morgan fingerprint density at radius 3 is 2.85 bits per heavy atom. The van der Waals surface area contributed by atoms with Crippen LogP contribution in [0.2, 0.25) is 0 Å². The van der Waals surface area contributed by atoms with Crippen LogP contribution in [0, 0.1) is 0 Å². The van der Waals surface area contributed by atoms with E-state index in [1.165, 1.54) is 11.5 Å². The number of thioether (sulfide) groups is 1. The third-order valence-corrected chi connectivity index (χ3v) is 3.41. The minimum atomic E-state index is 0.888. The van der Waals surface area contributed by atoms with Gasteiger partial charge in [-0.15, -0.1) is 0 Å². The first kappa shape index (κ1) is 9.23. The van der Waals surface area contributed by atoms with Gasteiger partial charge in [0.25, 0.3) is 0 Å². The lowest BCUT2D eigenvalue weighted by atomic mass is 10.4. The Morgan fingerprint density at radius 1 is 1.46 bits per heavy atom. The Kier molecular flexibility index (Phi) is 3.02. The summed E-state index contributed by atoms with van der Waals surface area (Å²) in [5.41, 5.74) is 0. The maximum Gasteiger partial charge on any atom is 0.206 e. The number of rotatable bonds is 2. The zero-order chi connectivity index (χ0) is 9.10. The smallest absolute Gasteiger partial charge is 0.206 e. The molecule has 4 nitrogen and oxygen atoms in total. The van der Waals surface area contributed by atoms with Gasteiger partial charge in [0.15, 0.2) is 0 Å². The molecular weight excluding hydrogens is 204 g/mol. The van der Waals surface area contributed by atoms with E-state index in [1.807, 2.05) is 6.26 Å². The van der Waals surface area contributed by atoms with Crippen molar-refractivity contribution in [2.45, 2.75) is 5.16 Å². The lowest BCUT2D eigenvalue weighted by Crippen LogP contribution is -2.43. The van der Waals surface area contributed by atoms with Crippen LogP contribution in [0.25, 0.3) is 0 Å². The number of hydrogen-bond acceptors (Lipinski definition) is 6. The van der Waals surface area contributed by atoms with Gasteiger partial charge in [0.2, 0.25) is 10.3 Å². The summed E-state index contributed by atoms with van der Waals surface area (Å²) in [5, 5.41) is 5.26. The Bertz CT molecular complexity index is 269. The molecule has 1 fully saturated rings. The summed E-state index contributed by atoms with van der Waals surface area (Å²) < 4.78 is 4.24. The molecule has 0 amide bonds. The summed E-state index contributed by atoms with van der Waals surface area (Å²) in [7, 11) is 0. The van der Waals surface area contributed by atoms with E-state index < -0.39 is 0 Å². The Hall–Kier alpha value is -0.330. The highest BCUT2D eigenvalue weighted by Crippen LogP contribution is 2.21. The van der Waals surface area contributed by atoms with Crippen LogP contribution < -0.4 is 10.2 Å². The molecule has 0 aliphatic carbocycles. The molecule has 1 aliphatic heterocycles. The molecular formula is C7H12N4S2. The van der Waals surface area contributed by atoms with Crippen molar-refractivity contribution in [3.63, 3.8) is 0 Å². The normalized spacial score (nSPS) is 17.8. The van der Waals surface area contributed by atoms with Gasteiger partial charge in [0.05, 0.1) is 0 Å². The fourth-order valence-electron chi connectivity index (χ4n) is 1.27. The molecule has 6 heteroatoms. The van der Waals surface area contributed by atoms with Gasteiger partial charge in [-0.05, 0) is 6.26 Å². The summed E-state index contributed by atoms with van der Waals surface area (Å²) in [4.78, 5) is 6.71. The molecule has 2 heterocycles. The largest absolute Gasteiger partial charge is 0.344 e. The van der Waals surface area contributed by atoms with Gasteiger partial charge in [-0.2, -0.15) is 9.36 Å². The second kappa shape index (κ2) is 4.26. The quantitative estimate of drug-likeness (QED) is 0.736. The molecule has 0 atom stereocenters. The molecule has 1 N–H and O–H groups in total. The van der Waals surface area contributed by atoms with Crippen LogP contribution in [0.3, 0.4) is 0 Å². The maximum absolute atomic E-state index is 4.42. The number of hydrogen-bond donors (Lipinski definition) is 1. The third-order valence-electron chi connectivity index (χ3n) is 1.97. The minimum absolute atomic E-state index is 0.888. The summed E-state index contributed by atoms with van der Waals surface area (Å²) in [6, 6.07) is 0. The molecule has 0 spiro atoms. The second-order valence-electron chi connectivity index (χ2n) is 2.80. The fraction of sp³-hybridized carbons (Fsp3) is 0.714. The topological polar surface area (TPSA) is 41.1 Å². The molecule has 0 saturated carbocycles. The second-order valence-corrected chi connectivity index (χ2v) is 4.30. The molecule has 1 saturated heterocycles. The van der Waals surface area contributed by atoms with E-state index >= 15 is 0 Å². The summed E-state index contributed by atoms with van der Waals surface area (Å²) in [6.07, 6.45) is 2.00. The number of piperazine rings is 1. The first-order valence-electron chi connectivity index (χ1n) is 4.23. The highest BCUT2D eigenvalue weighted by atomic mass is 32.2. The lowest BCUT2D eigenvalue weighted by Gasteiger charge is -2.26. The summed E-state index contributed by atoms with van der Waals surface area (Å²) >= 11 is 3.10. The lowest BCUT2D eigenvalue weighted by molar-refractivity contribution is 0.587. The Balaban J connectivity index is 2.05. The molecule has 1 aliphatic rings. The number of aromatic nitrogens is 2. The Morgan fingerprint density at radius 2 is 2.23 bits per heavy atom. The van der Waals surface area contributed by atoms with Gasteiger partial charge < -0.3 is 10.2 Å². The van der Waals surface area contributed by atoms with Crippen LogP contribution >= 0.6 is 23.3 Å². The van der Waals surface area contributed by atoms with Crippen LogP contribution in [0.15, 0.2) is 5.16 Å². The highest BCUT2D eigenvalue weighted by molar-refractivity contribution is 7.98. The molecule has 72 valence electrons. The third kappa shape index (κ3) is 2.12. The average molecular weight is 216 g/mol. The predicted octanol–water partition coefficient (Wildman–Crippen LogP) is 0.670. The van der Waals surface area contributed by atoms with Gasteiger partial charge in [-0.3, -0.25) is 0 Å². The molecule has 0 radical (unpaired) electrons. The van der Waals surface area contributed by atoms with Crippen molar-refractivity contribution in [2.75, 3.05) is 37.3 Å². The van der Waals surface area contributed by atoms with Crippen molar-refractivity contribution in [2.24, 2.45) is 0 Å². The SMILES string of the molecule is CSc1nsc(N2CCNCC2)n1. The fourth-order valence-corrected chi connectivity index (χ4v) is 2.54. The maximum atomic E-state index is 4.42. The van der Waals surface area contributed by atoms with Crippen molar-refractivity contribution in [3.05, 3.63) is 0 Å². The van der Waals surface area contributed by atoms with Gasteiger partial charge in [-0.1, -0.05) is 11.8 Å². The first-order valence-corrected chi connectivity index (χ1v) is 6.23. The highest BCUT2D eigenvalue weighted by Gasteiger charge is 2.14. The first-order chi connectivity index (χ1) is 6.40. The molecule has 0 aromatic carbocycles. The average Bonchev–Trinajstić information content (AvgIpc) is 2.67. The zero-order valence-electron chi connectivity index (χ0n) is 7.49. The van der Waals surface area contributed by atoms with Gasteiger partial charge in [-0.25, -0.2) is 0 Å². The van der Waals surface area contributed by atoms with Gasteiger partial charge in [0, 0.05) is 37.7 Å². The number of nitrogens with zero attached hydrogens (tertiary/aromatic N) is 3. The molecule has 0 unspecified atom stereocenters.